The molecule has 2 fully saturated rings. The van der Waals surface area contributed by atoms with Crippen LogP contribution in [0.1, 0.15) is 27.9 Å². The van der Waals surface area contributed by atoms with Gasteiger partial charge in [-0.3, -0.25) is 9.78 Å². The maximum absolute atomic E-state index is 12.5. The minimum Gasteiger partial charge on any atom is -0.446 e. The lowest BCUT2D eigenvalue weighted by molar-refractivity contribution is 0.000477. The summed E-state index contributed by atoms with van der Waals surface area (Å²) >= 11 is 0. The average molecular weight is 312 g/mol. The first-order chi connectivity index (χ1) is 11.1. The summed E-state index contributed by atoms with van der Waals surface area (Å²) in [6, 6.07) is 3.61. The Hall–Kier alpha value is -2.21. The average Bonchev–Trinajstić information content (AvgIpc) is 3.09. The minimum absolute atomic E-state index is 0.0561. The number of carbonyl (C=O) groups excluding carboxylic acids is 1. The predicted molar refractivity (Wildman–Crippen MR) is 84.1 cm³/mol. The summed E-state index contributed by atoms with van der Waals surface area (Å²) in [4.78, 5) is 25.2. The highest BCUT2D eigenvalue weighted by Crippen LogP contribution is 2.48. The van der Waals surface area contributed by atoms with Gasteiger partial charge in [0.05, 0.1) is 17.7 Å². The van der Waals surface area contributed by atoms with Gasteiger partial charge in [0.1, 0.15) is 5.76 Å². The fraction of sp³-hybridized carbons (Fsp3) is 0.471. The topological polar surface area (TPSA) is 62.5 Å². The van der Waals surface area contributed by atoms with Crippen molar-refractivity contribution in [3.05, 3.63) is 47.9 Å². The van der Waals surface area contributed by atoms with E-state index in [1.807, 2.05) is 17.9 Å². The van der Waals surface area contributed by atoms with Crippen molar-refractivity contribution in [3.63, 3.8) is 0 Å². The largest absolute Gasteiger partial charge is 0.446 e. The zero-order valence-corrected chi connectivity index (χ0v) is 13.4. The fourth-order valence-electron chi connectivity index (χ4n) is 3.94. The monoisotopic (exact) mass is 312 g/mol. The summed E-state index contributed by atoms with van der Waals surface area (Å²) in [6.07, 6.45) is 5.09. The van der Waals surface area contributed by atoms with Crippen LogP contribution in [-0.2, 0) is 0 Å². The quantitative estimate of drug-likeness (QED) is 0.842. The summed E-state index contributed by atoms with van der Waals surface area (Å²) in [7, 11) is 2.11. The predicted octanol–water partition coefficient (Wildman–Crippen LogP) is 1.55. The summed E-state index contributed by atoms with van der Waals surface area (Å²) in [5.74, 6) is 1.95. The van der Waals surface area contributed by atoms with Gasteiger partial charge in [0, 0.05) is 44.0 Å². The molecule has 0 aliphatic carbocycles. The van der Waals surface area contributed by atoms with Gasteiger partial charge in [-0.15, -0.1) is 0 Å². The van der Waals surface area contributed by atoms with E-state index in [4.69, 9.17) is 4.42 Å². The zero-order valence-electron chi connectivity index (χ0n) is 13.4. The van der Waals surface area contributed by atoms with E-state index in [1.54, 1.807) is 24.7 Å². The van der Waals surface area contributed by atoms with E-state index in [-0.39, 0.29) is 17.2 Å². The normalized spacial score (nSPS) is 23.2. The maximum Gasteiger partial charge on any atom is 0.255 e. The molecular formula is C17H20N4O2. The summed E-state index contributed by atoms with van der Waals surface area (Å²) in [5, 5.41) is 0. The highest BCUT2D eigenvalue weighted by molar-refractivity contribution is 5.94. The first-order valence-electron chi connectivity index (χ1n) is 7.88. The van der Waals surface area contributed by atoms with Crippen LogP contribution >= 0.6 is 0 Å². The summed E-state index contributed by atoms with van der Waals surface area (Å²) in [5.41, 5.74) is 0.710. The lowest BCUT2D eigenvalue weighted by atomic mass is 9.71. The molecule has 1 atom stereocenters. The van der Waals surface area contributed by atoms with E-state index < -0.39 is 0 Å². The molecule has 2 saturated heterocycles. The molecule has 1 amide bonds. The van der Waals surface area contributed by atoms with Gasteiger partial charge in [-0.05, 0) is 26.1 Å². The SMILES string of the molecule is Cc1cnc(C2CN(C)CC23CN(C(=O)c2cccnc2)C3)o1. The number of carbonyl (C=O) groups is 1. The number of oxazole rings is 1. The molecular weight excluding hydrogens is 292 g/mol. The number of aryl methyl sites for hydroxylation is 1. The van der Waals surface area contributed by atoms with Gasteiger partial charge in [0.25, 0.3) is 5.91 Å². The molecule has 2 aliphatic heterocycles. The summed E-state index contributed by atoms with van der Waals surface area (Å²) < 4.78 is 5.78. The van der Waals surface area contributed by atoms with Crippen molar-refractivity contribution in [3.8, 4) is 0 Å². The number of aromatic nitrogens is 2. The molecule has 6 nitrogen and oxygen atoms in total. The second-order valence-electron chi connectivity index (χ2n) is 6.82. The molecule has 4 heterocycles. The Bertz CT molecular complexity index is 721. The molecule has 120 valence electrons. The van der Waals surface area contributed by atoms with Crippen LogP contribution in [0.5, 0.6) is 0 Å². The van der Waals surface area contributed by atoms with E-state index >= 15 is 0 Å². The van der Waals surface area contributed by atoms with E-state index in [2.05, 4.69) is 21.9 Å². The number of pyridine rings is 1. The second-order valence-corrected chi connectivity index (χ2v) is 6.82. The fourth-order valence-corrected chi connectivity index (χ4v) is 3.94. The Morgan fingerprint density at radius 1 is 1.35 bits per heavy atom. The number of rotatable bonds is 2. The van der Waals surface area contributed by atoms with Gasteiger partial charge < -0.3 is 14.2 Å². The molecule has 2 aromatic heterocycles. The van der Waals surface area contributed by atoms with E-state index in [0.717, 1.165) is 37.8 Å². The molecule has 0 aromatic carbocycles. The van der Waals surface area contributed by atoms with E-state index in [1.165, 1.54) is 0 Å². The van der Waals surface area contributed by atoms with Gasteiger partial charge in [-0.1, -0.05) is 0 Å². The third kappa shape index (κ3) is 2.34. The van der Waals surface area contributed by atoms with Crippen LogP contribution < -0.4 is 0 Å². The standard InChI is InChI=1S/C17H20N4O2/c1-12-6-19-15(23-12)14-8-20(2)9-17(14)10-21(11-17)16(22)13-4-3-5-18-7-13/h3-7,14H,8-11H2,1-2H3. The molecule has 2 aliphatic rings. The zero-order chi connectivity index (χ0) is 16.0. The van der Waals surface area contributed by atoms with Crippen LogP contribution in [0.25, 0.3) is 0 Å². The Labute approximate surface area is 135 Å². The third-order valence-electron chi connectivity index (χ3n) is 4.96. The number of amides is 1. The van der Waals surface area contributed by atoms with Gasteiger partial charge in [0.15, 0.2) is 5.89 Å². The number of hydrogen-bond donors (Lipinski definition) is 0. The molecule has 1 spiro atoms. The minimum atomic E-state index is 0.0561. The van der Waals surface area contributed by atoms with Gasteiger partial charge in [0.2, 0.25) is 0 Å². The summed E-state index contributed by atoms with van der Waals surface area (Å²) in [6.45, 7) is 5.31. The molecule has 2 aromatic rings. The van der Waals surface area contributed by atoms with Crippen molar-refractivity contribution >= 4 is 5.91 Å². The van der Waals surface area contributed by atoms with Crippen molar-refractivity contribution in [2.45, 2.75) is 12.8 Å². The number of likely N-dealkylation sites (N-methyl/N-ethyl adjacent to an activating group) is 1. The third-order valence-corrected chi connectivity index (χ3v) is 4.96. The van der Waals surface area contributed by atoms with Gasteiger partial charge in [-0.25, -0.2) is 4.98 Å². The van der Waals surface area contributed by atoms with Crippen molar-refractivity contribution in [1.82, 2.24) is 19.8 Å². The molecule has 0 radical (unpaired) electrons. The second kappa shape index (κ2) is 5.16. The Balaban J connectivity index is 1.53. The number of hydrogen-bond acceptors (Lipinski definition) is 5. The Morgan fingerprint density at radius 3 is 2.83 bits per heavy atom. The maximum atomic E-state index is 12.5. The lowest BCUT2D eigenvalue weighted by Gasteiger charge is -2.50. The van der Waals surface area contributed by atoms with Crippen molar-refractivity contribution in [1.29, 1.82) is 0 Å². The molecule has 0 N–H and O–H groups in total. The molecule has 23 heavy (non-hydrogen) atoms. The first kappa shape index (κ1) is 14.4. The van der Waals surface area contributed by atoms with E-state index in [0.29, 0.717) is 5.56 Å². The highest BCUT2D eigenvalue weighted by atomic mass is 16.4. The van der Waals surface area contributed by atoms with Crippen LogP contribution in [0.3, 0.4) is 0 Å². The van der Waals surface area contributed by atoms with Crippen LogP contribution in [0, 0.1) is 12.3 Å². The van der Waals surface area contributed by atoms with Crippen molar-refractivity contribution in [2.24, 2.45) is 5.41 Å². The molecule has 1 unspecified atom stereocenters. The van der Waals surface area contributed by atoms with Crippen molar-refractivity contribution in [2.75, 3.05) is 33.2 Å². The van der Waals surface area contributed by atoms with Crippen LogP contribution in [0.15, 0.2) is 35.1 Å². The Morgan fingerprint density at radius 2 is 2.17 bits per heavy atom. The van der Waals surface area contributed by atoms with Crippen molar-refractivity contribution < 1.29 is 9.21 Å². The van der Waals surface area contributed by atoms with Crippen LogP contribution in [0.4, 0.5) is 0 Å². The highest BCUT2D eigenvalue weighted by Gasteiger charge is 2.56. The van der Waals surface area contributed by atoms with E-state index in [9.17, 15) is 4.79 Å². The molecule has 0 bridgehead atoms. The van der Waals surface area contributed by atoms with Gasteiger partial charge in [-0.2, -0.15) is 0 Å². The van der Waals surface area contributed by atoms with Gasteiger partial charge >= 0.3 is 0 Å². The number of likely N-dealkylation sites (tertiary alicyclic amines) is 2. The molecule has 6 heteroatoms. The molecule has 0 saturated carbocycles. The molecule has 4 rings (SSSR count). The lowest BCUT2D eigenvalue weighted by Crippen LogP contribution is -2.61. The number of nitrogens with zero attached hydrogens (tertiary/aromatic N) is 4. The van der Waals surface area contributed by atoms with Crippen LogP contribution in [-0.4, -0.2) is 58.9 Å². The van der Waals surface area contributed by atoms with Crippen LogP contribution in [0.2, 0.25) is 0 Å². The smallest absolute Gasteiger partial charge is 0.255 e. The first-order valence-corrected chi connectivity index (χ1v) is 7.88. The Kier molecular flexibility index (Phi) is 3.23.